The number of rotatable bonds is 7. The highest BCUT2D eigenvalue weighted by atomic mass is 32.1. The molecule has 0 aliphatic carbocycles. The second-order valence-corrected chi connectivity index (χ2v) is 4.71. The molecule has 0 fully saturated rings. The molecule has 0 aliphatic heterocycles. The molecular formula is C11H16N6O2S. The number of thiocarbonyl (C=S) groups is 1. The van der Waals surface area contributed by atoms with Crippen molar-refractivity contribution in [3.63, 3.8) is 0 Å². The summed E-state index contributed by atoms with van der Waals surface area (Å²) in [6.45, 7) is 1.78. The first-order chi connectivity index (χ1) is 9.61. The Morgan fingerprint density at radius 1 is 1.55 bits per heavy atom. The van der Waals surface area contributed by atoms with E-state index in [4.69, 9.17) is 22.7 Å². The van der Waals surface area contributed by atoms with E-state index in [1.165, 1.54) is 4.52 Å². The van der Waals surface area contributed by atoms with Crippen LogP contribution < -0.4 is 16.3 Å². The van der Waals surface area contributed by atoms with Crippen LogP contribution in [0.25, 0.3) is 5.65 Å². The van der Waals surface area contributed by atoms with Gasteiger partial charge >= 0.3 is 5.69 Å². The number of nitrogens with one attached hydrogen (secondary N) is 1. The lowest BCUT2D eigenvalue weighted by Gasteiger charge is -2.22. The molecule has 2 aromatic rings. The Kier molecular flexibility index (Phi) is 4.64. The van der Waals surface area contributed by atoms with Gasteiger partial charge in [-0.1, -0.05) is 12.2 Å². The third-order valence-electron chi connectivity index (χ3n) is 2.78. The highest BCUT2D eigenvalue weighted by molar-refractivity contribution is 7.80. The summed E-state index contributed by atoms with van der Waals surface area (Å²) in [6, 6.07) is 3.52. The predicted octanol–water partition coefficient (Wildman–Crippen LogP) is -0.453. The van der Waals surface area contributed by atoms with E-state index in [1.807, 2.05) is 4.90 Å². The van der Waals surface area contributed by atoms with Crippen molar-refractivity contribution in [3.8, 4) is 0 Å². The van der Waals surface area contributed by atoms with Crippen molar-refractivity contribution < 1.29 is 4.74 Å². The van der Waals surface area contributed by atoms with E-state index in [-0.39, 0.29) is 5.69 Å². The van der Waals surface area contributed by atoms with Crippen LogP contribution in [0.4, 0.5) is 5.82 Å². The lowest BCUT2D eigenvalue weighted by molar-refractivity contribution is 0.205. The molecule has 108 valence electrons. The molecule has 0 aromatic carbocycles. The van der Waals surface area contributed by atoms with Gasteiger partial charge in [0.1, 0.15) is 5.82 Å². The molecule has 0 aliphatic rings. The summed E-state index contributed by atoms with van der Waals surface area (Å²) < 4.78 is 6.29. The zero-order valence-corrected chi connectivity index (χ0v) is 11.9. The van der Waals surface area contributed by atoms with Gasteiger partial charge in [-0.05, 0) is 12.1 Å². The third-order valence-corrected chi connectivity index (χ3v) is 2.98. The molecule has 0 spiro atoms. The molecule has 0 saturated heterocycles. The minimum atomic E-state index is -0.372. The zero-order chi connectivity index (χ0) is 14.5. The number of fused-ring (bicyclic) bond motifs is 1. The maximum Gasteiger partial charge on any atom is 0.364 e. The van der Waals surface area contributed by atoms with Crippen molar-refractivity contribution in [2.24, 2.45) is 5.73 Å². The quantitative estimate of drug-likeness (QED) is 0.667. The van der Waals surface area contributed by atoms with Crippen LogP contribution in [0.5, 0.6) is 0 Å². The molecule has 8 nitrogen and oxygen atoms in total. The Hall–Kier alpha value is -2.00. The molecule has 0 bridgehead atoms. The lowest BCUT2D eigenvalue weighted by Crippen LogP contribution is -2.32. The van der Waals surface area contributed by atoms with Crippen LogP contribution >= 0.6 is 12.2 Å². The van der Waals surface area contributed by atoms with Crippen molar-refractivity contribution in [1.82, 2.24) is 19.8 Å². The number of H-pyrrole nitrogens is 1. The highest BCUT2D eigenvalue weighted by Gasteiger charge is 2.11. The highest BCUT2D eigenvalue weighted by Crippen LogP contribution is 2.10. The maximum absolute atomic E-state index is 11.5. The predicted molar refractivity (Wildman–Crippen MR) is 79.1 cm³/mol. The Morgan fingerprint density at radius 2 is 2.35 bits per heavy atom. The van der Waals surface area contributed by atoms with Gasteiger partial charge in [0.25, 0.3) is 0 Å². The molecule has 2 rings (SSSR count). The number of aromatic amines is 1. The number of anilines is 1. The average molecular weight is 296 g/mol. The van der Waals surface area contributed by atoms with Gasteiger partial charge in [0.15, 0.2) is 5.65 Å². The second-order valence-electron chi connectivity index (χ2n) is 4.19. The van der Waals surface area contributed by atoms with Gasteiger partial charge in [0.05, 0.1) is 11.6 Å². The molecule has 9 heteroatoms. The van der Waals surface area contributed by atoms with Gasteiger partial charge in [-0.15, -0.1) is 5.10 Å². The molecule has 3 N–H and O–H groups in total. The molecule has 0 unspecified atom stereocenters. The van der Waals surface area contributed by atoms with Crippen molar-refractivity contribution in [3.05, 3.63) is 22.6 Å². The molecule has 0 atom stereocenters. The van der Waals surface area contributed by atoms with E-state index < -0.39 is 0 Å². The third kappa shape index (κ3) is 3.31. The Bertz CT molecular complexity index is 652. The largest absolute Gasteiger partial charge is 0.393 e. The fourth-order valence-corrected chi connectivity index (χ4v) is 1.84. The van der Waals surface area contributed by atoms with Gasteiger partial charge in [-0.25, -0.2) is 9.89 Å². The van der Waals surface area contributed by atoms with E-state index in [0.29, 0.717) is 42.6 Å². The minimum Gasteiger partial charge on any atom is -0.393 e. The number of aromatic nitrogens is 4. The lowest BCUT2D eigenvalue weighted by atomic mass is 10.3. The first-order valence-electron chi connectivity index (χ1n) is 6.08. The summed E-state index contributed by atoms with van der Waals surface area (Å²) in [5, 5.41) is 10.4. The molecule has 20 heavy (non-hydrogen) atoms. The first kappa shape index (κ1) is 14.4. The summed E-state index contributed by atoms with van der Waals surface area (Å²) in [4.78, 5) is 13.9. The fraction of sp³-hybridized carbons (Fsp3) is 0.455. The van der Waals surface area contributed by atoms with E-state index in [1.54, 1.807) is 19.2 Å². The monoisotopic (exact) mass is 296 g/mol. The summed E-state index contributed by atoms with van der Waals surface area (Å²) in [6.07, 6.45) is 0.569. The van der Waals surface area contributed by atoms with Crippen LogP contribution in [0.1, 0.15) is 6.42 Å². The smallest absolute Gasteiger partial charge is 0.364 e. The minimum absolute atomic E-state index is 0.372. The Balaban J connectivity index is 2.26. The van der Waals surface area contributed by atoms with Crippen LogP contribution in [0.15, 0.2) is 16.9 Å². The van der Waals surface area contributed by atoms with Gasteiger partial charge in [-0.2, -0.15) is 9.61 Å². The number of hydrogen-bond acceptors (Lipinski definition) is 6. The SMILES string of the molecule is COCCN(CCC(N)=S)c1ccc2n[nH]c(=O)n2n1. The molecule has 2 aromatic heterocycles. The van der Waals surface area contributed by atoms with Gasteiger partial charge in [-0.3, -0.25) is 0 Å². The second kappa shape index (κ2) is 6.44. The van der Waals surface area contributed by atoms with Gasteiger partial charge in [0, 0.05) is 26.6 Å². The summed E-state index contributed by atoms with van der Waals surface area (Å²) in [7, 11) is 1.63. The van der Waals surface area contributed by atoms with Crippen LogP contribution in [-0.2, 0) is 4.74 Å². The van der Waals surface area contributed by atoms with Crippen molar-refractivity contribution in [2.75, 3.05) is 31.7 Å². The van der Waals surface area contributed by atoms with Gasteiger partial charge < -0.3 is 15.4 Å². The topological polar surface area (TPSA) is 102 Å². The normalized spacial score (nSPS) is 10.8. The molecule has 0 saturated carbocycles. The molecule has 2 heterocycles. The molecule has 0 radical (unpaired) electrons. The number of hydrogen-bond donors (Lipinski definition) is 2. The van der Waals surface area contributed by atoms with Gasteiger partial charge in [0.2, 0.25) is 0 Å². The zero-order valence-electron chi connectivity index (χ0n) is 11.1. The Morgan fingerprint density at radius 3 is 3.05 bits per heavy atom. The number of nitrogens with two attached hydrogens (primary N) is 1. The van der Waals surface area contributed by atoms with Crippen molar-refractivity contribution >= 4 is 28.7 Å². The number of methoxy groups -OCH3 is 1. The summed E-state index contributed by atoms with van der Waals surface area (Å²) in [5.41, 5.74) is 5.63. The standard InChI is InChI=1S/C11H16N6O2S/c1-19-7-6-16(5-4-8(12)20)10-3-2-9-13-14-11(18)17(9)15-10/h2-3H,4-7H2,1H3,(H2,12,20)(H,14,18). The summed E-state index contributed by atoms with van der Waals surface area (Å²) >= 11 is 4.89. The first-order valence-corrected chi connectivity index (χ1v) is 6.49. The Labute approximate surface area is 120 Å². The van der Waals surface area contributed by atoms with Crippen molar-refractivity contribution in [2.45, 2.75) is 6.42 Å². The summed E-state index contributed by atoms with van der Waals surface area (Å²) in [5.74, 6) is 0.648. The van der Waals surface area contributed by atoms with E-state index in [9.17, 15) is 4.79 Å². The van der Waals surface area contributed by atoms with Crippen LogP contribution in [0, 0.1) is 0 Å². The average Bonchev–Trinajstić information content (AvgIpc) is 2.80. The number of ether oxygens (including phenoxy) is 1. The number of nitrogens with zero attached hydrogens (tertiary/aromatic N) is 4. The van der Waals surface area contributed by atoms with E-state index in [2.05, 4.69) is 15.3 Å². The van der Waals surface area contributed by atoms with E-state index in [0.717, 1.165) is 0 Å². The fourth-order valence-electron chi connectivity index (χ4n) is 1.75. The molecule has 0 amide bonds. The van der Waals surface area contributed by atoms with Crippen LogP contribution in [0.2, 0.25) is 0 Å². The van der Waals surface area contributed by atoms with Crippen LogP contribution in [-0.4, -0.2) is 51.6 Å². The maximum atomic E-state index is 11.5. The van der Waals surface area contributed by atoms with Crippen molar-refractivity contribution in [1.29, 1.82) is 0 Å². The van der Waals surface area contributed by atoms with Crippen LogP contribution in [0.3, 0.4) is 0 Å². The van der Waals surface area contributed by atoms with E-state index >= 15 is 0 Å². The molecular weight excluding hydrogens is 280 g/mol.